The van der Waals surface area contributed by atoms with Gasteiger partial charge in [0, 0.05) is 5.41 Å². The number of hydrogen-bond donors (Lipinski definition) is 1. The molecule has 3 aliphatic carbocycles. The van der Waals surface area contributed by atoms with E-state index < -0.39 is 11.0 Å². The van der Waals surface area contributed by atoms with Gasteiger partial charge < -0.3 is 4.74 Å². The number of hydrogen-bond acceptors (Lipinski definition) is 3. The highest BCUT2D eigenvalue weighted by molar-refractivity contribution is 7.84. The molecule has 2 bridgehead atoms. The summed E-state index contributed by atoms with van der Waals surface area (Å²) < 4.78 is 21.2. The quantitative estimate of drug-likeness (QED) is 0.806. The monoisotopic (exact) mass is 364 g/mol. The maximum atomic E-state index is 12.2. The second-order valence-corrected chi connectivity index (χ2v) is 10.9. The number of pyridine rings is 1. The molecule has 0 amide bonds. The SMILES string of the molecule is C[C@H](N[S@](=O)C(C)(C)C)c1ccc(OCC23CCC(CC2)CC3)cn1. The summed E-state index contributed by atoms with van der Waals surface area (Å²) in [5, 5.41) is 0. The van der Waals surface area contributed by atoms with Crippen LogP contribution in [0.1, 0.15) is 78.0 Å². The minimum atomic E-state index is -1.10. The number of fused-ring (bicyclic) bond motifs is 3. The molecule has 4 nitrogen and oxygen atoms in total. The molecule has 25 heavy (non-hydrogen) atoms. The van der Waals surface area contributed by atoms with E-state index in [9.17, 15) is 4.21 Å². The topological polar surface area (TPSA) is 51.2 Å². The van der Waals surface area contributed by atoms with Crippen LogP contribution in [0.25, 0.3) is 0 Å². The summed E-state index contributed by atoms with van der Waals surface area (Å²) in [6, 6.07) is 3.91. The molecule has 3 saturated carbocycles. The maximum absolute atomic E-state index is 12.2. The third-order valence-corrected chi connectivity index (χ3v) is 7.52. The third kappa shape index (κ3) is 4.62. The van der Waals surface area contributed by atoms with E-state index in [1.807, 2.05) is 39.8 Å². The predicted molar refractivity (Wildman–Crippen MR) is 103 cm³/mol. The Balaban J connectivity index is 1.54. The van der Waals surface area contributed by atoms with Crippen molar-refractivity contribution in [3.05, 3.63) is 24.0 Å². The van der Waals surface area contributed by atoms with Gasteiger partial charge in [-0.1, -0.05) is 0 Å². The molecule has 0 saturated heterocycles. The summed E-state index contributed by atoms with van der Waals surface area (Å²) in [5.41, 5.74) is 1.30. The maximum Gasteiger partial charge on any atom is 0.137 e. The van der Waals surface area contributed by atoms with E-state index in [4.69, 9.17) is 4.74 Å². The van der Waals surface area contributed by atoms with Gasteiger partial charge in [0.15, 0.2) is 0 Å². The molecule has 0 aromatic carbocycles. The fourth-order valence-electron chi connectivity index (χ4n) is 3.92. The van der Waals surface area contributed by atoms with E-state index in [-0.39, 0.29) is 10.8 Å². The molecule has 0 radical (unpaired) electrons. The molecular formula is C20H32N2O2S. The fourth-order valence-corrected chi connectivity index (χ4v) is 4.72. The van der Waals surface area contributed by atoms with E-state index in [0.717, 1.165) is 24.0 Å². The van der Waals surface area contributed by atoms with Crippen LogP contribution in [0.5, 0.6) is 5.75 Å². The lowest BCUT2D eigenvalue weighted by molar-refractivity contribution is 0.0190. The molecule has 0 spiro atoms. The van der Waals surface area contributed by atoms with Crippen molar-refractivity contribution in [3.8, 4) is 5.75 Å². The zero-order valence-corrected chi connectivity index (χ0v) is 16.8. The summed E-state index contributed by atoms with van der Waals surface area (Å²) in [4.78, 5) is 4.51. The van der Waals surface area contributed by atoms with Crippen LogP contribution >= 0.6 is 0 Å². The number of rotatable bonds is 6. The highest BCUT2D eigenvalue weighted by Crippen LogP contribution is 2.50. The molecule has 4 rings (SSSR count). The Labute approximate surface area is 154 Å². The summed E-state index contributed by atoms with van der Waals surface area (Å²) in [6.45, 7) is 8.70. The minimum Gasteiger partial charge on any atom is -0.491 e. The molecule has 1 heterocycles. The van der Waals surface area contributed by atoms with Crippen molar-refractivity contribution in [1.29, 1.82) is 0 Å². The first-order valence-electron chi connectivity index (χ1n) is 9.54. The normalized spacial score (nSPS) is 28.6. The van der Waals surface area contributed by atoms with Crippen LogP contribution < -0.4 is 9.46 Å². The number of aromatic nitrogens is 1. The van der Waals surface area contributed by atoms with Crippen LogP contribution in [0.4, 0.5) is 0 Å². The third-order valence-electron chi connectivity index (χ3n) is 5.84. The molecule has 140 valence electrons. The molecule has 0 aliphatic heterocycles. The molecule has 1 aromatic rings. The lowest BCUT2D eigenvalue weighted by Gasteiger charge is -2.46. The van der Waals surface area contributed by atoms with Crippen molar-refractivity contribution in [2.75, 3.05) is 6.61 Å². The van der Waals surface area contributed by atoms with Crippen molar-refractivity contribution in [2.24, 2.45) is 11.3 Å². The largest absolute Gasteiger partial charge is 0.491 e. The molecule has 5 heteroatoms. The minimum absolute atomic E-state index is 0.0543. The Bertz CT molecular complexity index is 587. The van der Waals surface area contributed by atoms with Crippen LogP contribution in [-0.4, -0.2) is 20.5 Å². The highest BCUT2D eigenvalue weighted by Gasteiger charge is 2.40. The van der Waals surface area contributed by atoms with Crippen molar-refractivity contribution < 1.29 is 8.95 Å². The first-order valence-corrected chi connectivity index (χ1v) is 10.7. The molecule has 1 N–H and O–H groups in total. The first kappa shape index (κ1) is 18.8. The van der Waals surface area contributed by atoms with Gasteiger partial charge in [-0.3, -0.25) is 4.98 Å². The average Bonchev–Trinajstić information content (AvgIpc) is 2.61. The van der Waals surface area contributed by atoms with Gasteiger partial charge in [0.2, 0.25) is 0 Å². The van der Waals surface area contributed by atoms with Gasteiger partial charge in [-0.15, -0.1) is 0 Å². The van der Waals surface area contributed by atoms with E-state index >= 15 is 0 Å². The molecular weight excluding hydrogens is 332 g/mol. The Morgan fingerprint density at radius 2 is 1.92 bits per heavy atom. The van der Waals surface area contributed by atoms with Gasteiger partial charge >= 0.3 is 0 Å². The van der Waals surface area contributed by atoms with Gasteiger partial charge in [0.1, 0.15) is 5.75 Å². The predicted octanol–water partition coefficient (Wildman–Crippen LogP) is 4.54. The van der Waals surface area contributed by atoms with Crippen LogP contribution in [-0.2, 0) is 11.0 Å². The van der Waals surface area contributed by atoms with Crippen molar-refractivity contribution in [3.63, 3.8) is 0 Å². The van der Waals surface area contributed by atoms with E-state index in [1.165, 1.54) is 38.5 Å². The smallest absolute Gasteiger partial charge is 0.137 e. The summed E-state index contributed by atoms with van der Waals surface area (Å²) >= 11 is 0. The molecule has 3 aliphatic rings. The zero-order chi connectivity index (χ0) is 18.1. The Morgan fingerprint density at radius 3 is 2.44 bits per heavy atom. The Morgan fingerprint density at radius 1 is 1.28 bits per heavy atom. The molecule has 3 fully saturated rings. The first-order chi connectivity index (χ1) is 11.8. The second kappa shape index (κ2) is 7.36. The number of ether oxygens (including phenoxy) is 1. The van der Waals surface area contributed by atoms with Crippen LogP contribution in [0.2, 0.25) is 0 Å². The van der Waals surface area contributed by atoms with Gasteiger partial charge in [-0.05, 0) is 84.3 Å². The van der Waals surface area contributed by atoms with Crippen molar-refractivity contribution >= 4 is 11.0 Å². The summed E-state index contributed by atoms with van der Waals surface area (Å²) in [5.74, 6) is 1.82. The van der Waals surface area contributed by atoms with Crippen molar-refractivity contribution in [2.45, 2.75) is 77.0 Å². The van der Waals surface area contributed by atoms with Crippen LogP contribution in [0.15, 0.2) is 18.3 Å². The van der Waals surface area contributed by atoms with E-state index in [1.54, 1.807) is 6.20 Å². The van der Waals surface area contributed by atoms with Gasteiger partial charge in [0.05, 0.1) is 40.3 Å². The van der Waals surface area contributed by atoms with E-state index in [2.05, 4.69) is 9.71 Å². The molecule has 0 unspecified atom stereocenters. The van der Waals surface area contributed by atoms with Gasteiger partial charge in [-0.25, -0.2) is 8.93 Å². The second-order valence-electron chi connectivity index (χ2n) is 8.91. The molecule has 1 aromatic heterocycles. The lowest BCUT2D eigenvalue weighted by atomic mass is 9.61. The van der Waals surface area contributed by atoms with E-state index in [0.29, 0.717) is 5.41 Å². The summed E-state index contributed by atoms with van der Waals surface area (Å²) in [6.07, 6.45) is 9.92. The van der Waals surface area contributed by atoms with Gasteiger partial charge in [0.25, 0.3) is 0 Å². The van der Waals surface area contributed by atoms with Crippen molar-refractivity contribution in [1.82, 2.24) is 9.71 Å². The Hall–Kier alpha value is -0.940. The fraction of sp³-hybridized carbons (Fsp3) is 0.750. The van der Waals surface area contributed by atoms with Crippen LogP contribution in [0.3, 0.4) is 0 Å². The summed E-state index contributed by atoms with van der Waals surface area (Å²) in [7, 11) is -1.10. The molecule has 2 atom stereocenters. The van der Waals surface area contributed by atoms with Crippen LogP contribution in [0, 0.1) is 11.3 Å². The average molecular weight is 365 g/mol. The standard InChI is InChI=1S/C20H32N2O2S/c1-15(22-25(23)19(2,3)4)18-6-5-17(13-21-18)24-14-20-10-7-16(8-11-20)9-12-20/h5-6,13,15-16,22H,7-12,14H2,1-4H3/t15-,16?,20?,25+/m0/s1. The zero-order valence-electron chi connectivity index (χ0n) is 16.0. The number of nitrogens with zero attached hydrogens (tertiary/aromatic N) is 1. The Kier molecular flexibility index (Phi) is 5.54. The number of nitrogens with one attached hydrogen (secondary N) is 1. The highest BCUT2D eigenvalue weighted by atomic mass is 32.2. The van der Waals surface area contributed by atoms with Gasteiger partial charge in [-0.2, -0.15) is 0 Å². The lowest BCUT2D eigenvalue weighted by Crippen LogP contribution is -2.38.